The number of hydrazine groups is 1. The molecule has 0 radical (unpaired) electrons. The molecule has 2 aliphatic heterocycles. The molecule has 0 amide bonds. The topological polar surface area (TPSA) is 27.6 Å². The molecule has 1 unspecified atom stereocenters. The highest BCUT2D eigenvalue weighted by Gasteiger charge is 2.30. The third kappa shape index (κ3) is 3.84. The summed E-state index contributed by atoms with van der Waals surface area (Å²) in [5.41, 5.74) is 2.99. The van der Waals surface area contributed by atoms with E-state index >= 15 is 0 Å². The molecule has 1 aromatic rings. The van der Waals surface area contributed by atoms with Crippen LogP contribution < -0.4 is 5.43 Å². The maximum atomic E-state index is 4.24. The monoisotopic (exact) mass is 265 g/mol. The molecule has 0 bridgehead atoms. The second-order valence-corrected chi connectivity index (χ2v) is 4.62. The zero-order valence-corrected chi connectivity index (χ0v) is 11.9. The van der Waals surface area contributed by atoms with Crippen molar-refractivity contribution in [3.05, 3.63) is 60.6 Å². The molecule has 0 saturated carbocycles. The maximum absolute atomic E-state index is 4.24. The Kier molecular flexibility index (Phi) is 4.75. The summed E-state index contributed by atoms with van der Waals surface area (Å²) < 4.78 is 0. The van der Waals surface area contributed by atoms with Gasteiger partial charge < -0.3 is 0 Å². The number of nitrogens with one attached hydrogen (secondary N) is 1. The van der Waals surface area contributed by atoms with E-state index in [1.165, 1.54) is 0 Å². The maximum Gasteiger partial charge on any atom is 0.145 e. The van der Waals surface area contributed by atoms with Crippen molar-refractivity contribution in [1.82, 2.24) is 10.4 Å². The number of nitrogens with zero attached hydrogens (tertiary/aromatic N) is 2. The van der Waals surface area contributed by atoms with Crippen LogP contribution in [0, 0.1) is 11.8 Å². The zero-order valence-electron chi connectivity index (χ0n) is 11.9. The van der Waals surface area contributed by atoms with E-state index in [0.29, 0.717) is 0 Å². The lowest BCUT2D eigenvalue weighted by molar-refractivity contribution is 0.318. The molecule has 3 nitrogen and oxygen atoms in total. The van der Waals surface area contributed by atoms with Crippen molar-refractivity contribution in [1.29, 1.82) is 0 Å². The summed E-state index contributed by atoms with van der Waals surface area (Å²) in [5, 5.41) is 1.89. The fourth-order valence-electron chi connectivity index (χ4n) is 1.85. The van der Waals surface area contributed by atoms with Gasteiger partial charge in [0.05, 0.1) is 0 Å². The van der Waals surface area contributed by atoms with Crippen LogP contribution in [0.25, 0.3) is 0 Å². The first-order valence-corrected chi connectivity index (χ1v) is 6.74. The molecule has 0 fully saturated rings. The number of aliphatic imine (C=N–C) groups is 1. The standard InChI is InChI=1S/C11H13N3.C6H6/c1-3-4-6-11(2)9-10-12-7-5-8-14(10)13-11;1-2-4-6-5-3-1/h5,7-9,13H,3H2,1-2H3;1-6H. The highest BCUT2D eigenvalue weighted by Crippen LogP contribution is 2.22. The lowest BCUT2D eigenvalue weighted by Crippen LogP contribution is -2.41. The average molecular weight is 265 g/mol. The summed E-state index contributed by atoms with van der Waals surface area (Å²) in [5.74, 6) is 7.17. The van der Waals surface area contributed by atoms with Gasteiger partial charge in [-0.25, -0.2) is 10.4 Å². The second kappa shape index (κ2) is 6.74. The van der Waals surface area contributed by atoms with E-state index in [0.717, 1.165) is 12.2 Å². The summed E-state index contributed by atoms with van der Waals surface area (Å²) >= 11 is 0. The molecule has 20 heavy (non-hydrogen) atoms. The van der Waals surface area contributed by atoms with Crippen LogP contribution in [0.15, 0.2) is 65.6 Å². The molecule has 2 heterocycles. The van der Waals surface area contributed by atoms with Crippen molar-refractivity contribution < 1.29 is 0 Å². The molecule has 0 spiro atoms. The molecule has 1 atom stereocenters. The van der Waals surface area contributed by atoms with Crippen LogP contribution in [-0.2, 0) is 0 Å². The van der Waals surface area contributed by atoms with Crippen molar-refractivity contribution in [3.63, 3.8) is 0 Å². The van der Waals surface area contributed by atoms with E-state index in [-0.39, 0.29) is 5.54 Å². The van der Waals surface area contributed by atoms with Crippen molar-refractivity contribution in [3.8, 4) is 11.8 Å². The highest BCUT2D eigenvalue weighted by atomic mass is 15.6. The molecular formula is C17H19N3. The predicted molar refractivity (Wildman–Crippen MR) is 83.6 cm³/mol. The van der Waals surface area contributed by atoms with E-state index in [9.17, 15) is 0 Å². The lowest BCUT2D eigenvalue weighted by atomic mass is 10.1. The van der Waals surface area contributed by atoms with Gasteiger partial charge in [-0.2, -0.15) is 0 Å². The van der Waals surface area contributed by atoms with Crippen LogP contribution in [0.3, 0.4) is 0 Å². The Morgan fingerprint density at radius 2 is 1.85 bits per heavy atom. The fourth-order valence-corrected chi connectivity index (χ4v) is 1.85. The molecule has 1 aromatic carbocycles. The van der Waals surface area contributed by atoms with Gasteiger partial charge in [-0.1, -0.05) is 49.2 Å². The van der Waals surface area contributed by atoms with Crippen LogP contribution in [0.5, 0.6) is 0 Å². The minimum atomic E-state index is -0.280. The molecule has 3 heteroatoms. The highest BCUT2D eigenvalue weighted by molar-refractivity contribution is 5.73. The SMILES string of the molecule is CCC#CC1(C)C=C2N=CC=CN2N1.c1ccccc1. The third-order valence-electron chi connectivity index (χ3n) is 2.74. The predicted octanol–water partition coefficient (Wildman–Crippen LogP) is 3.10. The van der Waals surface area contributed by atoms with E-state index in [1.54, 1.807) is 6.21 Å². The smallest absolute Gasteiger partial charge is 0.145 e. The molecule has 2 aliphatic rings. The Hall–Kier alpha value is -2.31. The fraction of sp³-hybridized carbons (Fsp3) is 0.235. The number of allylic oxidation sites excluding steroid dienone is 1. The van der Waals surface area contributed by atoms with Crippen molar-refractivity contribution in [2.45, 2.75) is 25.8 Å². The van der Waals surface area contributed by atoms with Gasteiger partial charge in [-0.3, -0.25) is 5.01 Å². The molecule has 102 valence electrons. The quantitative estimate of drug-likeness (QED) is 0.730. The number of fused-ring (bicyclic) bond motifs is 1. The Balaban J connectivity index is 0.000000205. The summed E-state index contributed by atoms with van der Waals surface area (Å²) in [7, 11) is 0. The average Bonchev–Trinajstić information content (AvgIpc) is 2.84. The second-order valence-electron chi connectivity index (χ2n) is 4.62. The summed E-state index contributed by atoms with van der Waals surface area (Å²) in [6.07, 6.45) is 8.53. The summed E-state index contributed by atoms with van der Waals surface area (Å²) in [6, 6.07) is 12.0. The van der Waals surface area contributed by atoms with Gasteiger partial charge in [0.25, 0.3) is 0 Å². The van der Waals surface area contributed by atoms with Gasteiger partial charge in [0.1, 0.15) is 11.4 Å². The minimum absolute atomic E-state index is 0.280. The van der Waals surface area contributed by atoms with Gasteiger partial charge in [-0.05, 0) is 19.1 Å². The lowest BCUT2D eigenvalue weighted by Gasteiger charge is -2.21. The van der Waals surface area contributed by atoms with Crippen molar-refractivity contribution in [2.24, 2.45) is 4.99 Å². The molecule has 0 aliphatic carbocycles. The Morgan fingerprint density at radius 3 is 2.40 bits per heavy atom. The Bertz CT molecular complexity index is 549. The van der Waals surface area contributed by atoms with Crippen LogP contribution in [0.2, 0.25) is 0 Å². The van der Waals surface area contributed by atoms with Gasteiger partial charge in [0.15, 0.2) is 0 Å². The first kappa shape index (κ1) is 14.1. The number of hydrogen-bond acceptors (Lipinski definition) is 3. The molecule has 3 rings (SSSR count). The van der Waals surface area contributed by atoms with Crippen molar-refractivity contribution in [2.75, 3.05) is 0 Å². The van der Waals surface area contributed by atoms with E-state index in [4.69, 9.17) is 0 Å². The van der Waals surface area contributed by atoms with E-state index in [2.05, 4.69) is 22.3 Å². The normalized spacial score (nSPS) is 22.1. The van der Waals surface area contributed by atoms with Crippen molar-refractivity contribution >= 4 is 6.21 Å². The van der Waals surface area contributed by atoms with Gasteiger partial charge >= 0.3 is 0 Å². The van der Waals surface area contributed by atoms with Gasteiger partial charge in [0, 0.05) is 18.8 Å². The Morgan fingerprint density at radius 1 is 1.20 bits per heavy atom. The molecule has 1 N–H and O–H groups in total. The molecule has 0 aromatic heterocycles. The molecular weight excluding hydrogens is 246 g/mol. The summed E-state index contributed by atoms with van der Waals surface area (Å²) in [6.45, 7) is 4.09. The number of benzene rings is 1. The Labute approximate surface area is 120 Å². The number of hydrogen-bond donors (Lipinski definition) is 1. The zero-order chi connectivity index (χ0) is 14.3. The largest absolute Gasteiger partial charge is 0.265 e. The number of rotatable bonds is 0. The van der Waals surface area contributed by atoms with E-state index in [1.807, 2.05) is 73.6 Å². The van der Waals surface area contributed by atoms with Crippen LogP contribution in [0.1, 0.15) is 20.3 Å². The van der Waals surface area contributed by atoms with Gasteiger partial charge in [0.2, 0.25) is 0 Å². The molecule has 0 saturated heterocycles. The van der Waals surface area contributed by atoms with Gasteiger partial charge in [-0.15, -0.1) is 5.92 Å². The minimum Gasteiger partial charge on any atom is -0.265 e. The van der Waals surface area contributed by atoms with Crippen LogP contribution >= 0.6 is 0 Å². The summed E-state index contributed by atoms with van der Waals surface area (Å²) in [4.78, 5) is 4.24. The van der Waals surface area contributed by atoms with Crippen LogP contribution in [-0.4, -0.2) is 16.8 Å². The first-order valence-electron chi connectivity index (χ1n) is 6.74. The first-order chi connectivity index (χ1) is 9.73. The third-order valence-corrected chi connectivity index (χ3v) is 2.74. The van der Waals surface area contributed by atoms with Crippen LogP contribution in [0.4, 0.5) is 0 Å². The van der Waals surface area contributed by atoms with E-state index < -0.39 is 0 Å².